The second-order valence-electron chi connectivity index (χ2n) is 13.2. The van der Waals surface area contributed by atoms with E-state index in [1.54, 1.807) is 11.3 Å². The van der Waals surface area contributed by atoms with Gasteiger partial charge in [0.05, 0.1) is 10.2 Å². The van der Waals surface area contributed by atoms with E-state index in [1.165, 1.54) is 48.1 Å². The van der Waals surface area contributed by atoms with Crippen LogP contribution in [0.4, 0.5) is 0 Å². The van der Waals surface area contributed by atoms with Gasteiger partial charge in [0.1, 0.15) is 23.2 Å². The maximum Gasteiger partial charge on any atom is 0.131 e. The zero-order valence-electron chi connectivity index (χ0n) is 27.6. The highest BCUT2D eigenvalue weighted by Gasteiger charge is 2.26. The van der Waals surface area contributed by atoms with E-state index in [-0.39, 0.29) is 12.3 Å². The Bertz CT molecular complexity index is 2780. The molecule has 9 aromatic rings. The Morgan fingerprint density at radius 1 is 0.471 bits per heavy atom. The first kappa shape index (κ1) is 29.7. The molecule has 0 radical (unpaired) electrons. The molecular formula is C46H32N4S. The van der Waals surface area contributed by atoms with Crippen molar-refractivity contribution in [3.63, 3.8) is 0 Å². The predicted octanol–water partition coefficient (Wildman–Crippen LogP) is 11.4. The van der Waals surface area contributed by atoms with Gasteiger partial charge in [0, 0.05) is 16.5 Å². The van der Waals surface area contributed by atoms with Crippen LogP contribution in [0.1, 0.15) is 29.0 Å². The van der Waals surface area contributed by atoms with Crippen molar-refractivity contribution < 1.29 is 0 Å². The van der Waals surface area contributed by atoms with E-state index < -0.39 is 0 Å². The molecule has 10 rings (SSSR count). The lowest BCUT2D eigenvalue weighted by molar-refractivity contribution is 0.409. The van der Waals surface area contributed by atoms with Crippen molar-refractivity contribution in [2.24, 2.45) is 4.99 Å². The van der Waals surface area contributed by atoms with Gasteiger partial charge in [-0.3, -0.25) is 5.32 Å². The Labute approximate surface area is 299 Å². The van der Waals surface area contributed by atoms with Crippen molar-refractivity contribution in [2.75, 3.05) is 0 Å². The molecular weight excluding hydrogens is 641 g/mol. The van der Waals surface area contributed by atoms with Crippen LogP contribution in [-0.4, -0.2) is 10.8 Å². The van der Waals surface area contributed by atoms with Gasteiger partial charge in [0.25, 0.3) is 0 Å². The predicted molar refractivity (Wildman–Crippen MR) is 214 cm³/mol. The SMILES string of the molecule is c1ccc(-c2nc3ccc4ccc(-c5cccc(C6=NC(c7ccc8ccccc8c7)NC(c7ccc8ccccc8c7)N6)c5)cc4c3s2)cc1. The number of aromatic nitrogens is 1. The van der Waals surface area contributed by atoms with Crippen LogP contribution >= 0.6 is 11.3 Å². The number of hydrogen-bond donors (Lipinski definition) is 2. The Morgan fingerprint density at radius 3 is 1.90 bits per heavy atom. The third-order valence-electron chi connectivity index (χ3n) is 9.92. The Kier molecular flexibility index (Phi) is 7.19. The lowest BCUT2D eigenvalue weighted by Crippen LogP contribution is -2.45. The molecule has 0 saturated heterocycles. The molecule has 8 aromatic carbocycles. The first-order valence-corrected chi connectivity index (χ1v) is 18.1. The largest absolute Gasteiger partial charge is 0.350 e. The van der Waals surface area contributed by atoms with Crippen molar-refractivity contribution in [2.45, 2.75) is 12.3 Å². The minimum Gasteiger partial charge on any atom is -0.350 e. The van der Waals surface area contributed by atoms with Gasteiger partial charge in [-0.15, -0.1) is 11.3 Å². The fraction of sp³-hybridized carbons (Fsp3) is 0.0435. The number of thiazole rings is 1. The van der Waals surface area contributed by atoms with Crippen molar-refractivity contribution >= 4 is 59.7 Å². The van der Waals surface area contributed by atoms with Crippen molar-refractivity contribution in [1.82, 2.24) is 15.6 Å². The van der Waals surface area contributed by atoms with Crippen molar-refractivity contribution in [1.29, 1.82) is 0 Å². The monoisotopic (exact) mass is 672 g/mol. The number of rotatable bonds is 5. The molecule has 0 aliphatic carbocycles. The molecule has 0 amide bonds. The number of nitrogens with one attached hydrogen (secondary N) is 2. The molecule has 51 heavy (non-hydrogen) atoms. The Morgan fingerprint density at radius 2 is 1.10 bits per heavy atom. The molecule has 4 nitrogen and oxygen atoms in total. The van der Waals surface area contributed by atoms with Gasteiger partial charge in [0.2, 0.25) is 0 Å². The van der Waals surface area contributed by atoms with Crippen LogP contribution < -0.4 is 10.6 Å². The molecule has 2 atom stereocenters. The maximum atomic E-state index is 5.31. The highest BCUT2D eigenvalue weighted by molar-refractivity contribution is 7.22. The molecule has 5 heteroatoms. The van der Waals surface area contributed by atoms with E-state index in [4.69, 9.17) is 9.98 Å². The second kappa shape index (κ2) is 12.3. The maximum absolute atomic E-state index is 5.31. The Balaban J connectivity index is 1.05. The van der Waals surface area contributed by atoms with Gasteiger partial charge in [-0.25, -0.2) is 9.98 Å². The van der Waals surface area contributed by atoms with Crippen LogP contribution in [0.2, 0.25) is 0 Å². The summed E-state index contributed by atoms with van der Waals surface area (Å²) in [6, 6.07) is 60.6. The summed E-state index contributed by atoms with van der Waals surface area (Å²) in [7, 11) is 0. The molecule has 0 saturated carbocycles. The molecule has 2 unspecified atom stereocenters. The molecule has 0 spiro atoms. The summed E-state index contributed by atoms with van der Waals surface area (Å²) < 4.78 is 1.21. The van der Waals surface area contributed by atoms with Crippen LogP contribution in [-0.2, 0) is 0 Å². The van der Waals surface area contributed by atoms with Crippen LogP contribution in [0.3, 0.4) is 0 Å². The van der Waals surface area contributed by atoms with Crippen molar-refractivity contribution in [3.05, 3.63) is 187 Å². The van der Waals surface area contributed by atoms with E-state index in [1.807, 2.05) is 6.07 Å². The van der Waals surface area contributed by atoms with Crippen LogP contribution in [0, 0.1) is 0 Å². The fourth-order valence-electron chi connectivity index (χ4n) is 7.25. The quantitative estimate of drug-likeness (QED) is 0.191. The van der Waals surface area contributed by atoms with Gasteiger partial charge in [-0.1, -0.05) is 140 Å². The van der Waals surface area contributed by atoms with Gasteiger partial charge in [-0.05, 0) is 79.5 Å². The Hall–Kier alpha value is -6.14. The fourth-order valence-corrected chi connectivity index (χ4v) is 8.34. The zero-order valence-corrected chi connectivity index (χ0v) is 28.4. The van der Waals surface area contributed by atoms with Crippen LogP contribution in [0.25, 0.3) is 64.2 Å². The van der Waals surface area contributed by atoms with Crippen LogP contribution in [0.5, 0.6) is 0 Å². The molecule has 0 bridgehead atoms. The first-order valence-electron chi connectivity index (χ1n) is 17.3. The number of aliphatic imine (C=N–C) groups is 1. The minimum absolute atomic E-state index is 0.138. The van der Waals surface area contributed by atoms with E-state index in [9.17, 15) is 0 Å². The molecule has 2 N–H and O–H groups in total. The zero-order chi connectivity index (χ0) is 33.7. The summed E-state index contributed by atoms with van der Waals surface area (Å²) in [5.74, 6) is 0.866. The van der Waals surface area contributed by atoms with E-state index in [0.717, 1.165) is 38.6 Å². The summed E-state index contributed by atoms with van der Waals surface area (Å²) in [5, 5.41) is 15.9. The average molecular weight is 673 g/mol. The van der Waals surface area contributed by atoms with Gasteiger partial charge >= 0.3 is 0 Å². The molecule has 242 valence electrons. The smallest absolute Gasteiger partial charge is 0.131 e. The van der Waals surface area contributed by atoms with Crippen molar-refractivity contribution in [3.8, 4) is 21.7 Å². The molecule has 1 aromatic heterocycles. The number of fused-ring (bicyclic) bond motifs is 5. The number of nitrogens with zero attached hydrogens (tertiary/aromatic N) is 2. The molecule has 2 heterocycles. The molecule has 1 aliphatic heterocycles. The summed E-state index contributed by atoms with van der Waals surface area (Å²) in [6.45, 7) is 0. The standard InChI is InChI=1S/C46H32N4S/c1-2-11-32(12-3-1)46-47-41-24-23-31-19-20-36(28-40(31)42(41)51-46)35-15-8-16-37(27-35)43-48-44(38-21-17-29-9-4-6-13-33(29)25-38)50-45(49-43)39-22-18-30-10-5-7-14-34(30)26-39/h1-28,44-45,50H,(H,48,49). The van der Waals surface area contributed by atoms with E-state index in [0.29, 0.717) is 0 Å². The molecule has 0 fully saturated rings. The van der Waals surface area contributed by atoms with E-state index >= 15 is 0 Å². The normalized spacial score (nSPS) is 16.0. The topological polar surface area (TPSA) is 49.3 Å². The lowest BCUT2D eigenvalue weighted by Gasteiger charge is -2.32. The molecule has 1 aliphatic rings. The van der Waals surface area contributed by atoms with Gasteiger partial charge in [0.15, 0.2) is 0 Å². The van der Waals surface area contributed by atoms with E-state index in [2.05, 4.69) is 174 Å². The minimum atomic E-state index is -0.231. The van der Waals surface area contributed by atoms with Gasteiger partial charge < -0.3 is 5.32 Å². The third kappa shape index (κ3) is 5.53. The number of amidine groups is 1. The lowest BCUT2D eigenvalue weighted by atomic mass is 9.98. The first-order chi connectivity index (χ1) is 25.2. The number of hydrogen-bond acceptors (Lipinski definition) is 5. The number of benzene rings is 8. The van der Waals surface area contributed by atoms with Crippen LogP contribution in [0.15, 0.2) is 175 Å². The van der Waals surface area contributed by atoms with Gasteiger partial charge in [-0.2, -0.15) is 0 Å². The second-order valence-corrected chi connectivity index (χ2v) is 14.2. The highest BCUT2D eigenvalue weighted by Crippen LogP contribution is 2.37. The summed E-state index contributed by atoms with van der Waals surface area (Å²) >= 11 is 1.76. The summed E-state index contributed by atoms with van der Waals surface area (Å²) in [4.78, 5) is 10.3. The summed E-state index contributed by atoms with van der Waals surface area (Å²) in [5.41, 5.74) is 7.84. The summed E-state index contributed by atoms with van der Waals surface area (Å²) in [6.07, 6.45) is -0.369. The average Bonchev–Trinajstić information content (AvgIpc) is 3.66. The highest BCUT2D eigenvalue weighted by atomic mass is 32.1. The third-order valence-corrected chi connectivity index (χ3v) is 11.1.